The number of carbonyl (C=O) groups excluding carboxylic acids is 1. The van der Waals surface area contributed by atoms with E-state index in [0.29, 0.717) is 11.5 Å². The maximum atomic E-state index is 12.8. The molecule has 0 atom stereocenters. The fraction of sp³-hybridized carbons (Fsp3) is 0.200. The molecule has 0 N–H and O–H groups in total. The second-order valence-corrected chi connectivity index (χ2v) is 4.13. The van der Waals surface area contributed by atoms with Crippen molar-refractivity contribution in [1.82, 2.24) is 4.98 Å². The summed E-state index contributed by atoms with van der Waals surface area (Å²) >= 11 is 0. The van der Waals surface area contributed by atoms with Crippen LogP contribution in [0.1, 0.15) is 16.1 Å². The van der Waals surface area contributed by atoms with E-state index in [1.165, 1.54) is 38.6 Å². The number of pyridine rings is 1. The van der Waals surface area contributed by atoms with Crippen LogP contribution in [0.15, 0.2) is 36.5 Å². The number of carbonyl (C=O) groups is 1. The topological polar surface area (TPSA) is 57.7 Å². The van der Waals surface area contributed by atoms with Gasteiger partial charge < -0.3 is 14.2 Å². The van der Waals surface area contributed by atoms with Gasteiger partial charge in [0.1, 0.15) is 12.4 Å². The van der Waals surface area contributed by atoms with Gasteiger partial charge in [-0.2, -0.15) is 0 Å². The van der Waals surface area contributed by atoms with Crippen LogP contribution < -0.4 is 9.47 Å². The molecule has 5 nitrogen and oxygen atoms in total. The predicted octanol–water partition coefficient (Wildman–Crippen LogP) is 2.59. The minimum atomic E-state index is -0.557. The molecule has 1 heterocycles. The van der Waals surface area contributed by atoms with Crippen LogP contribution in [0.2, 0.25) is 0 Å². The maximum absolute atomic E-state index is 12.8. The number of methoxy groups -OCH3 is 2. The first-order valence-corrected chi connectivity index (χ1v) is 6.13. The van der Waals surface area contributed by atoms with Crippen molar-refractivity contribution in [3.8, 4) is 11.5 Å². The average Bonchev–Trinajstić information content (AvgIpc) is 2.53. The van der Waals surface area contributed by atoms with Crippen molar-refractivity contribution in [1.29, 1.82) is 0 Å². The van der Waals surface area contributed by atoms with Gasteiger partial charge in [0.15, 0.2) is 17.2 Å². The molecule has 0 spiro atoms. The normalized spacial score (nSPS) is 10.0. The number of hydrogen-bond acceptors (Lipinski definition) is 5. The molecular formula is C15H14FNO4. The van der Waals surface area contributed by atoms with Gasteiger partial charge in [-0.1, -0.05) is 12.1 Å². The van der Waals surface area contributed by atoms with Gasteiger partial charge in [0.05, 0.1) is 20.4 Å². The second kappa shape index (κ2) is 6.69. The molecule has 0 saturated carbocycles. The van der Waals surface area contributed by atoms with E-state index in [1.54, 1.807) is 12.1 Å². The molecule has 0 radical (unpaired) electrons. The molecular weight excluding hydrogens is 277 g/mol. The third-order valence-electron chi connectivity index (χ3n) is 2.75. The summed E-state index contributed by atoms with van der Waals surface area (Å²) in [7, 11) is 2.73. The molecule has 0 aliphatic carbocycles. The molecule has 0 bridgehead atoms. The Morgan fingerprint density at radius 1 is 1.19 bits per heavy atom. The third kappa shape index (κ3) is 3.68. The van der Waals surface area contributed by atoms with E-state index >= 15 is 0 Å². The van der Waals surface area contributed by atoms with Crippen LogP contribution in [-0.4, -0.2) is 25.2 Å². The lowest BCUT2D eigenvalue weighted by Crippen LogP contribution is -2.06. The van der Waals surface area contributed by atoms with Crippen LogP contribution in [0.25, 0.3) is 0 Å². The molecule has 0 amide bonds. The van der Waals surface area contributed by atoms with Crippen LogP contribution in [-0.2, 0) is 11.3 Å². The van der Waals surface area contributed by atoms with Crippen LogP contribution in [0, 0.1) is 5.82 Å². The highest BCUT2D eigenvalue weighted by atomic mass is 19.1. The number of esters is 1. The first-order chi connectivity index (χ1) is 10.1. The molecule has 0 aliphatic rings. The van der Waals surface area contributed by atoms with Gasteiger partial charge in [0.25, 0.3) is 0 Å². The average molecular weight is 291 g/mol. The number of rotatable bonds is 5. The Kier molecular flexibility index (Phi) is 4.71. The highest BCUT2D eigenvalue weighted by Gasteiger charge is 2.13. The van der Waals surface area contributed by atoms with Crippen molar-refractivity contribution in [2.24, 2.45) is 0 Å². The summed E-state index contributed by atoms with van der Waals surface area (Å²) < 4.78 is 28.1. The third-order valence-corrected chi connectivity index (χ3v) is 2.75. The van der Waals surface area contributed by atoms with Gasteiger partial charge in [-0.25, -0.2) is 14.2 Å². The van der Waals surface area contributed by atoms with E-state index in [0.717, 1.165) is 5.56 Å². The number of benzene rings is 1. The number of hydrogen-bond donors (Lipinski definition) is 0. The first kappa shape index (κ1) is 14.8. The van der Waals surface area contributed by atoms with Gasteiger partial charge >= 0.3 is 5.97 Å². The van der Waals surface area contributed by atoms with E-state index in [9.17, 15) is 9.18 Å². The minimum absolute atomic E-state index is 0.128. The molecule has 2 aromatic rings. The van der Waals surface area contributed by atoms with Crippen LogP contribution in [0.5, 0.6) is 11.5 Å². The fourth-order valence-corrected chi connectivity index (χ4v) is 1.65. The van der Waals surface area contributed by atoms with E-state index < -0.39 is 5.97 Å². The summed E-state index contributed by atoms with van der Waals surface area (Å²) in [5.74, 6) is -0.110. The zero-order valence-electron chi connectivity index (χ0n) is 11.6. The molecule has 6 heteroatoms. The largest absolute Gasteiger partial charge is 0.493 e. The van der Waals surface area contributed by atoms with E-state index in [-0.39, 0.29) is 18.1 Å². The monoisotopic (exact) mass is 291 g/mol. The SMILES string of the molecule is COC(=O)c1cc(OC)c(OCc2ccc(F)cc2)cn1. The van der Waals surface area contributed by atoms with Crippen molar-refractivity contribution in [3.05, 3.63) is 53.6 Å². The molecule has 0 unspecified atom stereocenters. The van der Waals surface area contributed by atoms with Gasteiger partial charge in [-0.05, 0) is 17.7 Å². The Labute approximate surface area is 121 Å². The standard InChI is InChI=1S/C15H14FNO4/c1-19-13-7-12(15(18)20-2)17-8-14(13)21-9-10-3-5-11(16)6-4-10/h3-8H,9H2,1-2H3. The fourth-order valence-electron chi connectivity index (χ4n) is 1.65. The Morgan fingerprint density at radius 2 is 1.90 bits per heavy atom. The molecule has 2 rings (SSSR count). The predicted molar refractivity (Wildman–Crippen MR) is 72.9 cm³/mol. The van der Waals surface area contributed by atoms with Crippen molar-refractivity contribution < 1.29 is 23.4 Å². The van der Waals surface area contributed by atoms with E-state index in [2.05, 4.69) is 9.72 Å². The Bertz CT molecular complexity index is 628. The molecule has 0 aliphatic heterocycles. The van der Waals surface area contributed by atoms with Crippen LogP contribution in [0.4, 0.5) is 4.39 Å². The molecule has 1 aromatic heterocycles. The quantitative estimate of drug-likeness (QED) is 0.792. The lowest BCUT2D eigenvalue weighted by Gasteiger charge is -2.11. The summed E-state index contributed by atoms with van der Waals surface area (Å²) in [4.78, 5) is 15.3. The van der Waals surface area contributed by atoms with Gasteiger partial charge in [-0.3, -0.25) is 0 Å². The number of aromatic nitrogens is 1. The number of nitrogens with zero attached hydrogens (tertiary/aromatic N) is 1. The van der Waals surface area contributed by atoms with Crippen molar-refractivity contribution in [2.45, 2.75) is 6.61 Å². The minimum Gasteiger partial charge on any atom is -0.493 e. The molecule has 0 saturated heterocycles. The summed E-state index contributed by atoms with van der Waals surface area (Å²) in [5.41, 5.74) is 0.930. The van der Waals surface area contributed by atoms with Crippen molar-refractivity contribution >= 4 is 5.97 Å². The Hall–Kier alpha value is -2.63. The lowest BCUT2D eigenvalue weighted by molar-refractivity contribution is 0.0593. The summed E-state index contributed by atoms with van der Waals surface area (Å²) in [6.45, 7) is 0.232. The lowest BCUT2D eigenvalue weighted by atomic mass is 10.2. The highest BCUT2D eigenvalue weighted by molar-refractivity contribution is 5.87. The zero-order valence-corrected chi connectivity index (χ0v) is 11.6. The van der Waals surface area contributed by atoms with E-state index in [1.807, 2.05) is 0 Å². The highest BCUT2D eigenvalue weighted by Crippen LogP contribution is 2.27. The van der Waals surface area contributed by atoms with Gasteiger partial charge in [0, 0.05) is 6.07 Å². The Morgan fingerprint density at radius 3 is 2.52 bits per heavy atom. The van der Waals surface area contributed by atoms with Gasteiger partial charge in [0.2, 0.25) is 0 Å². The van der Waals surface area contributed by atoms with Crippen molar-refractivity contribution in [3.63, 3.8) is 0 Å². The molecule has 21 heavy (non-hydrogen) atoms. The van der Waals surface area contributed by atoms with E-state index in [4.69, 9.17) is 9.47 Å². The number of halogens is 1. The van der Waals surface area contributed by atoms with Crippen LogP contribution >= 0.6 is 0 Å². The summed E-state index contributed by atoms with van der Waals surface area (Å²) in [6, 6.07) is 7.39. The smallest absolute Gasteiger partial charge is 0.356 e. The molecule has 0 fully saturated rings. The maximum Gasteiger partial charge on any atom is 0.356 e. The zero-order chi connectivity index (χ0) is 15.2. The molecule has 110 valence electrons. The first-order valence-electron chi connectivity index (χ1n) is 6.13. The molecule has 1 aromatic carbocycles. The summed E-state index contributed by atoms with van der Waals surface area (Å²) in [6.07, 6.45) is 1.38. The summed E-state index contributed by atoms with van der Waals surface area (Å²) in [5, 5.41) is 0. The Balaban J connectivity index is 2.12. The number of ether oxygens (including phenoxy) is 3. The second-order valence-electron chi connectivity index (χ2n) is 4.13. The van der Waals surface area contributed by atoms with Crippen LogP contribution in [0.3, 0.4) is 0 Å². The van der Waals surface area contributed by atoms with Crippen molar-refractivity contribution in [2.75, 3.05) is 14.2 Å². The van der Waals surface area contributed by atoms with Gasteiger partial charge in [-0.15, -0.1) is 0 Å².